The molecule has 0 aromatic heterocycles. The Labute approximate surface area is 136 Å². The molecular weight excluding hydrogens is 294 g/mol. The Bertz CT molecular complexity index is 598. The standard InChI is InChI=1S/C18H25N3O2/c19-8-13-2-12-3-14(12)21(13)16(22)15(20)17-4-10-1-11(5-17)7-18(23,6-10)9-17/h10-15,23H,1-7,9,20H2/t10?,11?,12-,13+,14+,15-,17?,18?/m1/s1/i15+2,16+2. The number of hydrogen-bond acceptors (Lipinski definition) is 4. The molecule has 5 saturated carbocycles. The van der Waals surface area contributed by atoms with Crippen LogP contribution < -0.4 is 5.73 Å². The van der Waals surface area contributed by atoms with Gasteiger partial charge in [0.05, 0.1) is 17.7 Å². The average Bonchev–Trinajstić information content (AvgIpc) is 3.14. The van der Waals surface area contributed by atoms with Crippen LogP contribution in [0.2, 0.25) is 0 Å². The van der Waals surface area contributed by atoms with Crippen molar-refractivity contribution in [2.24, 2.45) is 28.9 Å². The predicted octanol–water partition coefficient (Wildman–Crippen LogP) is 1.16. The van der Waals surface area contributed by atoms with Crippen LogP contribution >= 0.6 is 0 Å². The third-order valence-electron chi connectivity index (χ3n) is 7.51. The van der Waals surface area contributed by atoms with E-state index < -0.39 is 11.6 Å². The molecule has 4 bridgehead atoms. The Morgan fingerprint density at radius 2 is 1.91 bits per heavy atom. The summed E-state index contributed by atoms with van der Waals surface area (Å²) in [6.45, 7) is 0. The van der Waals surface area contributed by atoms with Gasteiger partial charge < -0.3 is 15.7 Å². The molecule has 1 amide bonds. The Morgan fingerprint density at radius 1 is 1.22 bits per heavy atom. The summed E-state index contributed by atoms with van der Waals surface area (Å²) in [5, 5.41) is 20.2. The zero-order valence-electron chi connectivity index (χ0n) is 13.4. The van der Waals surface area contributed by atoms with E-state index in [1.807, 2.05) is 0 Å². The van der Waals surface area contributed by atoms with Crippen molar-refractivity contribution in [3.05, 3.63) is 0 Å². The number of likely N-dealkylation sites (tertiary alicyclic amines) is 1. The molecule has 6 atom stereocenters. The van der Waals surface area contributed by atoms with Crippen molar-refractivity contribution >= 4 is 5.91 Å². The number of amides is 1. The van der Waals surface area contributed by atoms with Gasteiger partial charge >= 0.3 is 0 Å². The normalized spacial score (nSPS) is 53.8. The summed E-state index contributed by atoms with van der Waals surface area (Å²) in [5.74, 6) is 1.56. The van der Waals surface area contributed by atoms with Gasteiger partial charge in [0.25, 0.3) is 0 Å². The van der Waals surface area contributed by atoms with Crippen LogP contribution in [-0.2, 0) is 4.79 Å². The van der Waals surface area contributed by atoms with Crippen LogP contribution in [0.1, 0.15) is 51.4 Å². The van der Waals surface area contributed by atoms with Crippen molar-refractivity contribution in [1.82, 2.24) is 4.90 Å². The number of fused-ring (bicyclic) bond motifs is 1. The molecule has 0 aromatic carbocycles. The van der Waals surface area contributed by atoms with E-state index in [1.54, 1.807) is 4.90 Å². The van der Waals surface area contributed by atoms with Gasteiger partial charge in [0.1, 0.15) is 6.04 Å². The summed E-state index contributed by atoms with van der Waals surface area (Å²) in [5.41, 5.74) is 5.71. The monoisotopic (exact) mass is 319 g/mol. The van der Waals surface area contributed by atoms with Crippen LogP contribution in [0, 0.1) is 34.5 Å². The maximum atomic E-state index is 13.1. The van der Waals surface area contributed by atoms with Crippen LogP contribution in [0.15, 0.2) is 0 Å². The van der Waals surface area contributed by atoms with Gasteiger partial charge in [0.15, 0.2) is 0 Å². The minimum Gasteiger partial charge on any atom is -0.390 e. The van der Waals surface area contributed by atoms with E-state index in [2.05, 4.69) is 6.07 Å². The molecule has 5 nitrogen and oxygen atoms in total. The highest BCUT2D eigenvalue weighted by atomic mass is 16.4. The summed E-state index contributed by atoms with van der Waals surface area (Å²) in [4.78, 5) is 14.9. The van der Waals surface area contributed by atoms with Crippen molar-refractivity contribution in [2.75, 3.05) is 0 Å². The highest BCUT2D eigenvalue weighted by molar-refractivity contribution is 5.84. The summed E-state index contributed by atoms with van der Waals surface area (Å²) >= 11 is 0. The lowest BCUT2D eigenvalue weighted by molar-refractivity contribution is -0.177. The first-order valence-corrected chi connectivity index (χ1v) is 9.13. The fraction of sp³-hybridized carbons (Fsp3) is 0.889. The van der Waals surface area contributed by atoms with Crippen molar-refractivity contribution < 1.29 is 9.90 Å². The first-order chi connectivity index (χ1) is 10.9. The zero-order chi connectivity index (χ0) is 16.0. The van der Waals surface area contributed by atoms with Crippen LogP contribution in [0.4, 0.5) is 0 Å². The smallest absolute Gasteiger partial charge is 0.241 e. The van der Waals surface area contributed by atoms with E-state index in [-0.39, 0.29) is 23.4 Å². The molecule has 0 aromatic rings. The molecule has 0 spiro atoms. The average molecular weight is 319 g/mol. The number of piperidine rings is 1. The lowest BCUT2D eigenvalue weighted by Crippen LogP contribution is -2.64. The van der Waals surface area contributed by atoms with Crippen LogP contribution in [0.25, 0.3) is 0 Å². The first-order valence-electron chi connectivity index (χ1n) is 9.13. The van der Waals surface area contributed by atoms with E-state index in [4.69, 9.17) is 5.73 Å². The van der Waals surface area contributed by atoms with Gasteiger partial charge in [0, 0.05) is 6.04 Å². The lowest BCUT2D eigenvalue weighted by atomic mass is 9.51. The number of aliphatic hydroxyl groups is 1. The van der Waals surface area contributed by atoms with Crippen molar-refractivity contribution in [3.8, 4) is 6.07 Å². The fourth-order valence-electron chi connectivity index (χ4n) is 6.96. The molecule has 124 valence electrons. The number of carbonyl (C=O) groups excluding carboxylic acids is 1. The quantitative estimate of drug-likeness (QED) is 0.799. The second-order valence-electron chi connectivity index (χ2n) is 9.21. The summed E-state index contributed by atoms with van der Waals surface area (Å²) in [7, 11) is 0. The van der Waals surface area contributed by atoms with Crippen molar-refractivity contribution in [1.29, 1.82) is 5.26 Å². The topological polar surface area (TPSA) is 90.4 Å². The molecule has 6 rings (SSSR count). The zero-order valence-corrected chi connectivity index (χ0v) is 13.4. The van der Waals surface area contributed by atoms with Crippen LogP contribution in [-0.4, -0.2) is 39.6 Å². The number of rotatable bonds is 2. The minimum atomic E-state index is -0.594. The number of carbonyl (C=O) groups is 1. The van der Waals surface area contributed by atoms with E-state index in [0.29, 0.717) is 24.2 Å². The molecule has 5 heteroatoms. The molecular formula is C18H25N3O2. The summed E-state index contributed by atoms with van der Waals surface area (Å²) < 4.78 is 0. The predicted molar refractivity (Wildman–Crippen MR) is 82.8 cm³/mol. The second kappa shape index (κ2) is 4.29. The molecule has 23 heavy (non-hydrogen) atoms. The molecule has 6 fully saturated rings. The van der Waals surface area contributed by atoms with Gasteiger partial charge in [-0.1, -0.05) is 0 Å². The molecule has 5 aliphatic carbocycles. The van der Waals surface area contributed by atoms with Crippen LogP contribution in [0.5, 0.6) is 0 Å². The highest BCUT2D eigenvalue weighted by Crippen LogP contribution is 2.63. The second-order valence-corrected chi connectivity index (χ2v) is 9.21. The first kappa shape index (κ1) is 14.2. The molecule has 1 heterocycles. The molecule has 6 aliphatic rings. The molecule has 3 N–H and O–H groups in total. The van der Waals surface area contributed by atoms with Gasteiger partial charge in [-0.15, -0.1) is 0 Å². The largest absolute Gasteiger partial charge is 0.390 e. The fourth-order valence-corrected chi connectivity index (χ4v) is 6.96. The number of nitrogens with two attached hydrogens (primary N) is 1. The van der Waals surface area contributed by atoms with E-state index in [1.165, 1.54) is 6.42 Å². The van der Waals surface area contributed by atoms with Gasteiger partial charge in [-0.2, -0.15) is 5.26 Å². The Balaban J connectivity index is 1.43. The van der Waals surface area contributed by atoms with Gasteiger partial charge in [-0.05, 0) is 74.5 Å². The van der Waals surface area contributed by atoms with E-state index in [0.717, 1.165) is 38.5 Å². The molecule has 2 unspecified atom stereocenters. The van der Waals surface area contributed by atoms with Crippen LogP contribution in [0.3, 0.4) is 0 Å². The van der Waals surface area contributed by atoms with Gasteiger partial charge in [0.2, 0.25) is 5.91 Å². The van der Waals surface area contributed by atoms with Gasteiger partial charge in [-0.3, -0.25) is 4.79 Å². The Morgan fingerprint density at radius 3 is 2.52 bits per heavy atom. The van der Waals surface area contributed by atoms with Crippen molar-refractivity contribution in [3.63, 3.8) is 0 Å². The SMILES string of the molecule is N#C[C@@H]1C[C@@H]2C[C@@H]2N1[14C](=O)[14C@@H](N)C12CC3CC(CC(O)(C3)C1)C2. The third-order valence-corrected chi connectivity index (χ3v) is 7.51. The summed E-state index contributed by atoms with van der Waals surface area (Å²) in [6.07, 6.45) is 7.48. The number of nitriles is 1. The Kier molecular flexibility index (Phi) is 2.65. The minimum absolute atomic E-state index is 0.0212. The number of hydrogen-bond donors (Lipinski definition) is 2. The third kappa shape index (κ3) is 1.88. The summed E-state index contributed by atoms with van der Waals surface area (Å²) in [6, 6.07) is 1.72. The molecule has 0 radical (unpaired) electrons. The maximum Gasteiger partial charge on any atom is 0.241 e. The molecule has 1 saturated heterocycles. The maximum absolute atomic E-state index is 13.1. The Hall–Kier alpha value is -1.12. The molecule has 1 aliphatic heterocycles. The van der Waals surface area contributed by atoms with E-state index >= 15 is 0 Å². The van der Waals surface area contributed by atoms with Gasteiger partial charge in [-0.25, -0.2) is 0 Å². The highest BCUT2D eigenvalue weighted by Gasteiger charge is 2.62. The lowest BCUT2D eigenvalue weighted by Gasteiger charge is -2.61. The number of nitrogens with zero attached hydrogens (tertiary/aromatic N) is 2. The van der Waals surface area contributed by atoms with Crippen molar-refractivity contribution in [2.45, 2.75) is 75.1 Å². The van der Waals surface area contributed by atoms with E-state index in [9.17, 15) is 15.2 Å².